The molecule has 0 spiro atoms. The molecule has 136 valence electrons. The van der Waals surface area contributed by atoms with E-state index in [9.17, 15) is 14.9 Å². The molecule has 3 rings (SSSR count). The predicted octanol–water partition coefficient (Wildman–Crippen LogP) is 3.39. The Morgan fingerprint density at radius 1 is 1.38 bits per heavy atom. The van der Waals surface area contributed by atoms with Crippen LogP contribution < -0.4 is 10.1 Å². The molecule has 10 heteroatoms. The first-order valence-corrected chi connectivity index (χ1v) is 8.63. The SMILES string of the molecule is COc1ccc(NC(=O)c2sc3nnc(C(C)C)n3c2C)cc1[N+](=O)[O-]. The van der Waals surface area contributed by atoms with Crippen molar-refractivity contribution in [1.82, 2.24) is 14.6 Å². The van der Waals surface area contributed by atoms with E-state index in [0.717, 1.165) is 11.5 Å². The van der Waals surface area contributed by atoms with Crippen LogP contribution in [0, 0.1) is 17.0 Å². The molecule has 1 aromatic carbocycles. The highest BCUT2D eigenvalue weighted by Gasteiger charge is 2.22. The number of nitrogens with one attached hydrogen (secondary N) is 1. The molecule has 1 amide bonds. The van der Waals surface area contributed by atoms with Gasteiger partial charge in [0.2, 0.25) is 4.96 Å². The number of ether oxygens (including phenoxy) is 1. The smallest absolute Gasteiger partial charge is 0.312 e. The molecule has 0 atom stereocenters. The third-order valence-electron chi connectivity index (χ3n) is 3.87. The minimum Gasteiger partial charge on any atom is -0.490 e. The van der Waals surface area contributed by atoms with Gasteiger partial charge in [0.1, 0.15) is 10.7 Å². The first-order valence-electron chi connectivity index (χ1n) is 7.81. The monoisotopic (exact) mass is 375 g/mol. The van der Waals surface area contributed by atoms with Crippen LogP contribution in [0.25, 0.3) is 4.96 Å². The van der Waals surface area contributed by atoms with Gasteiger partial charge >= 0.3 is 5.69 Å². The molecule has 9 nitrogen and oxygen atoms in total. The number of nitro groups is 1. The minimum absolute atomic E-state index is 0.131. The number of thiazole rings is 1. The van der Waals surface area contributed by atoms with Gasteiger partial charge in [-0.15, -0.1) is 10.2 Å². The van der Waals surface area contributed by atoms with Gasteiger partial charge in [-0.25, -0.2) is 0 Å². The number of aryl methyl sites for hydroxylation is 1. The third-order valence-corrected chi connectivity index (χ3v) is 5.00. The van der Waals surface area contributed by atoms with Crippen molar-refractivity contribution in [3.63, 3.8) is 0 Å². The Hall–Kier alpha value is -3.01. The van der Waals surface area contributed by atoms with Crippen LogP contribution in [0.5, 0.6) is 5.75 Å². The molecule has 0 fully saturated rings. The lowest BCUT2D eigenvalue weighted by Gasteiger charge is -2.07. The first-order chi connectivity index (χ1) is 12.3. The number of aromatic nitrogens is 3. The summed E-state index contributed by atoms with van der Waals surface area (Å²) in [7, 11) is 1.35. The summed E-state index contributed by atoms with van der Waals surface area (Å²) in [6.45, 7) is 5.83. The van der Waals surface area contributed by atoms with Gasteiger partial charge in [0.15, 0.2) is 5.75 Å². The zero-order chi connectivity index (χ0) is 19.0. The molecule has 0 unspecified atom stereocenters. The fraction of sp³-hybridized carbons (Fsp3) is 0.312. The van der Waals surface area contributed by atoms with Crippen molar-refractivity contribution in [2.45, 2.75) is 26.7 Å². The molecule has 3 aromatic rings. The number of hydrogen-bond acceptors (Lipinski definition) is 7. The number of methoxy groups -OCH3 is 1. The van der Waals surface area contributed by atoms with Gasteiger partial charge < -0.3 is 10.1 Å². The summed E-state index contributed by atoms with van der Waals surface area (Å²) < 4.78 is 6.83. The quantitative estimate of drug-likeness (QED) is 0.540. The zero-order valence-electron chi connectivity index (χ0n) is 14.6. The fourth-order valence-corrected chi connectivity index (χ4v) is 3.58. The van der Waals surface area contributed by atoms with Crippen LogP contribution in [0.1, 0.15) is 41.0 Å². The van der Waals surface area contributed by atoms with Crippen LogP contribution in [-0.2, 0) is 0 Å². The molecule has 0 bridgehead atoms. The highest BCUT2D eigenvalue weighted by molar-refractivity contribution is 7.19. The van der Waals surface area contributed by atoms with E-state index in [1.165, 1.54) is 30.6 Å². The summed E-state index contributed by atoms with van der Waals surface area (Å²) in [5.41, 5.74) is 0.837. The van der Waals surface area contributed by atoms with Crippen LogP contribution in [0.15, 0.2) is 18.2 Å². The van der Waals surface area contributed by atoms with E-state index in [2.05, 4.69) is 15.5 Å². The van der Waals surface area contributed by atoms with Crippen LogP contribution in [-0.4, -0.2) is 32.5 Å². The number of nitrogens with zero attached hydrogens (tertiary/aromatic N) is 4. The molecule has 0 aliphatic carbocycles. The van der Waals surface area contributed by atoms with E-state index in [1.54, 1.807) is 6.07 Å². The summed E-state index contributed by atoms with van der Waals surface area (Å²) in [6.07, 6.45) is 0. The lowest BCUT2D eigenvalue weighted by Crippen LogP contribution is -2.12. The summed E-state index contributed by atoms with van der Waals surface area (Å²) in [6, 6.07) is 4.27. The Bertz CT molecular complexity index is 1010. The van der Waals surface area contributed by atoms with Crippen molar-refractivity contribution >= 4 is 33.6 Å². The van der Waals surface area contributed by atoms with Crippen molar-refractivity contribution in [2.75, 3.05) is 12.4 Å². The van der Waals surface area contributed by atoms with Crippen LogP contribution in [0.2, 0.25) is 0 Å². The Kier molecular flexibility index (Phi) is 4.60. The van der Waals surface area contributed by atoms with E-state index in [4.69, 9.17) is 4.74 Å². The molecule has 0 aliphatic heterocycles. The summed E-state index contributed by atoms with van der Waals surface area (Å²) in [5, 5.41) is 22.1. The molecule has 0 saturated heterocycles. The second kappa shape index (κ2) is 6.71. The van der Waals surface area contributed by atoms with Crippen LogP contribution in [0.3, 0.4) is 0 Å². The van der Waals surface area contributed by atoms with Gasteiger partial charge in [-0.2, -0.15) is 0 Å². The fourth-order valence-electron chi connectivity index (χ4n) is 2.61. The van der Waals surface area contributed by atoms with Crippen molar-refractivity contribution in [2.24, 2.45) is 0 Å². The van der Waals surface area contributed by atoms with Crippen LogP contribution in [0.4, 0.5) is 11.4 Å². The number of amides is 1. The van der Waals surface area contributed by atoms with Crippen molar-refractivity contribution in [3.05, 3.63) is 44.7 Å². The normalized spacial score (nSPS) is 11.1. The van der Waals surface area contributed by atoms with Crippen molar-refractivity contribution in [3.8, 4) is 5.75 Å². The summed E-state index contributed by atoms with van der Waals surface area (Å²) in [4.78, 5) is 24.3. The topological polar surface area (TPSA) is 112 Å². The number of benzene rings is 1. The second-order valence-corrected chi connectivity index (χ2v) is 6.92. The van der Waals surface area contributed by atoms with E-state index < -0.39 is 4.92 Å². The Labute approximate surface area is 152 Å². The Morgan fingerprint density at radius 3 is 2.73 bits per heavy atom. The van der Waals surface area contributed by atoms with Gasteiger partial charge in [-0.05, 0) is 19.1 Å². The standard InChI is InChI=1S/C16H17N5O4S/c1-8(2)14-18-19-16-20(14)9(3)13(26-16)15(22)17-10-5-6-12(25-4)11(7-10)21(23)24/h5-8H,1-4H3,(H,17,22). The van der Waals surface area contributed by atoms with Crippen LogP contribution >= 0.6 is 11.3 Å². The van der Waals surface area contributed by atoms with Crippen molar-refractivity contribution in [1.29, 1.82) is 0 Å². The number of rotatable bonds is 5. The molecule has 26 heavy (non-hydrogen) atoms. The summed E-state index contributed by atoms with van der Waals surface area (Å²) >= 11 is 1.23. The maximum atomic E-state index is 12.7. The molecule has 0 radical (unpaired) electrons. The molecule has 1 N–H and O–H groups in total. The van der Waals surface area contributed by atoms with Gasteiger partial charge in [-0.1, -0.05) is 25.2 Å². The average Bonchev–Trinajstić information content (AvgIpc) is 3.15. The number of nitro benzene ring substituents is 1. The minimum atomic E-state index is -0.556. The number of carbonyl (C=O) groups is 1. The lowest BCUT2D eigenvalue weighted by atomic mass is 10.2. The average molecular weight is 375 g/mol. The first kappa shape index (κ1) is 17.8. The molecular weight excluding hydrogens is 358 g/mol. The van der Waals surface area contributed by atoms with Gasteiger partial charge in [-0.3, -0.25) is 19.3 Å². The summed E-state index contributed by atoms with van der Waals surface area (Å²) in [5.74, 6) is 0.727. The third kappa shape index (κ3) is 2.99. The van der Waals surface area contributed by atoms with E-state index in [-0.39, 0.29) is 23.3 Å². The number of fused-ring (bicyclic) bond motifs is 1. The van der Waals surface area contributed by atoms with Gasteiger partial charge in [0.05, 0.1) is 12.0 Å². The number of anilines is 1. The second-order valence-electron chi connectivity index (χ2n) is 5.95. The zero-order valence-corrected chi connectivity index (χ0v) is 15.5. The number of hydrogen-bond donors (Lipinski definition) is 1. The van der Waals surface area contributed by atoms with Gasteiger partial charge in [0.25, 0.3) is 5.91 Å². The predicted molar refractivity (Wildman–Crippen MR) is 97.3 cm³/mol. The van der Waals surface area contributed by atoms with Crippen molar-refractivity contribution < 1.29 is 14.5 Å². The number of carbonyl (C=O) groups excluding carboxylic acids is 1. The molecular formula is C16H17N5O4S. The highest BCUT2D eigenvalue weighted by Crippen LogP contribution is 2.31. The molecule has 2 heterocycles. The Morgan fingerprint density at radius 2 is 2.12 bits per heavy atom. The van der Waals surface area contributed by atoms with E-state index in [0.29, 0.717) is 15.5 Å². The molecule has 0 saturated carbocycles. The maximum absolute atomic E-state index is 12.7. The van der Waals surface area contributed by atoms with Gasteiger partial charge in [0, 0.05) is 23.4 Å². The maximum Gasteiger partial charge on any atom is 0.312 e. The van der Waals surface area contributed by atoms with E-state index >= 15 is 0 Å². The van der Waals surface area contributed by atoms with E-state index in [1.807, 2.05) is 25.2 Å². The lowest BCUT2D eigenvalue weighted by molar-refractivity contribution is -0.385. The molecule has 2 aromatic heterocycles. The largest absolute Gasteiger partial charge is 0.490 e. The Balaban J connectivity index is 1.94. The molecule has 0 aliphatic rings. The highest BCUT2D eigenvalue weighted by atomic mass is 32.1.